The predicted molar refractivity (Wildman–Crippen MR) is 101 cm³/mol. The fourth-order valence-electron chi connectivity index (χ4n) is 2.84. The number of urea groups is 1. The molecule has 1 heterocycles. The lowest BCUT2D eigenvalue weighted by Gasteiger charge is -2.19. The van der Waals surface area contributed by atoms with Crippen molar-refractivity contribution in [3.8, 4) is 0 Å². The van der Waals surface area contributed by atoms with Crippen LogP contribution in [0.2, 0.25) is 0 Å². The largest absolute Gasteiger partial charge is 0.323 e. The Bertz CT molecular complexity index is 910. The average Bonchev–Trinajstić information content (AvgIpc) is 2.89. The summed E-state index contributed by atoms with van der Waals surface area (Å²) in [6.45, 7) is 4.29. The van der Waals surface area contributed by atoms with Gasteiger partial charge in [0.25, 0.3) is 0 Å². The molecular weight excluding hydrogens is 338 g/mol. The van der Waals surface area contributed by atoms with Crippen LogP contribution in [0.15, 0.2) is 42.5 Å². The lowest BCUT2D eigenvalue weighted by Crippen LogP contribution is -2.25. The monoisotopic (exact) mass is 359 g/mol. The molecule has 1 aliphatic heterocycles. The van der Waals surface area contributed by atoms with Gasteiger partial charge in [0.15, 0.2) is 0 Å². The first kappa shape index (κ1) is 17.3. The molecule has 1 fully saturated rings. The zero-order valence-electron chi connectivity index (χ0n) is 14.2. The second-order valence-corrected chi connectivity index (χ2v) is 8.20. The van der Waals surface area contributed by atoms with Crippen molar-refractivity contribution in [2.45, 2.75) is 20.3 Å². The zero-order valence-corrected chi connectivity index (χ0v) is 15.1. The molecule has 0 bridgehead atoms. The minimum Gasteiger partial charge on any atom is -0.308 e. The third-order valence-corrected chi connectivity index (χ3v) is 6.00. The quantitative estimate of drug-likeness (QED) is 0.880. The lowest BCUT2D eigenvalue weighted by molar-refractivity contribution is 0.262. The average molecular weight is 359 g/mol. The van der Waals surface area contributed by atoms with E-state index in [0.29, 0.717) is 30.0 Å². The van der Waals surface area contributed by atoms with E-state index in [1.807, 2.05) is 44.2 Å². The fourth-order valence-corrected chi connectivity index (χ4v) is 4.39. The number of nitrogens with zero attached hydrogens (tertiary/aromatic N) is 1. The highest BCUT2D eigenvalue weighted by Crippen LogP contribution is 2.28. The summed E-state index contributed by atoms with van der Waals surface area (Å²) in [7, 11) is -3.25. The first-order valence-electron chi connectivity index (χ1n) is 8.11. The molecular formula is C18H21N3O3S. The Balaban J connectivity index is 1.78. The van der Waals surface area contributed by atoms with Gasteiger partial charge in [-0.3, -0.25) is 4.31 Å². The van der Waals surface area contributed by atoms with Crippen LogP contribution in [0, 0.1) is 13.8 Å². The molecule has 2 aromatic rings. The topological polar surface area (TPSA) is 78.5 Å². The van der Waals surface area contributed by atoms with E-state index in [0.717, 1.165) is 11.1 Å². The molecule has 1 saturated heterocycles. The second-order valence-electron chi connectivity index (χ2n) is 6.19. The van der Waals surface area contributed by atoms with Crippen LogP contribution in [0.1, 0.15) is 17.5 Å². The minimum atomic E-state index is -3.25. The van der Waals surface area contributed by atoms with Gasteiger partial charge in [-0.2, -0.15) is 0 Å². The number of benzene rings is 2. The van der Waals surface area contributed by atoms with Crippen molar-refractivity contribution >= 4 is 33.1 Å². The molecule has 2 N–H and O–H groups in total. The molecule has 0 saturated carbocycles. The Morgan fingerprint density at radius 2 is 1.88 bits per heavy atom. The molecule has 0 aromatic heterocycles. The van der Waals surface area contributed by atoms with Crippen LogP contribution < -0.4 is 14.9 Å². The molecule has 25 heavy (non-hydrogen) atoms. The van der Waals surface area contributed by atoms with E-state index in [4.69, 9.17) is 0 Å². The molecule has 3 rings (SSSR count). The maximum Gasteiger partial charge on any atom is 0.323 e. The molecule has 0 radical (unpaired) electrons. The normalized spacial score (nSPS) is 15.8. The van der Waals surface area contributed by atoms with E-state index in [9.17, 15) is 13.2 Å². The van der Waals surface area contributed by atoms with Gasteiger partial charge in [0, 0.05) is 17.9 Å². The standard InChI is InChI=1S/C18H21N3O3S/c1-13-5-3-6-15(11-13)19-18(22)20-17-12-16(8-7-14(17)2)21-9-4-10-25(21,23)24/h3,5-8,11-12H,4,9-10H2,1-2H3,(H2,19,20,22). The van der Waals surface area contributed by atoms with Gasteiger partial charge in [-0.1, -0.05) is 18.2 Å². The van der Waals surface area contributed by atoms with E-state index in [1.165, 1.54) is 4.31 Å². The van der Waals surface area contributed by atoms with Gasteiger partial charge in [0.1, 0.15) is 0 Å². The highest BCUT2D eigenvalue weighted by Gasteiger charge is 2.28. The summed E-state index contributed by atoms with van der Waals surface area (Å²) >= 11 is 0. The van der Waals surface area contributed by atoms with Crippen LogP contribution in [0.3, 0.4) is 0 Å². The number of hydrogen-bond acceptors (Lipinski definition) is 3. The number of aryl methyl sites for hydroxylation is 2. The van der Waals surface area contributed by atoms with Crippen LogP contribution in [0.5, 0.6) is 0 Å². The van der Waals surface area contributed by atoms with E-state index < -0.39 is 10.0 Å². The molecule has 132 valence electrons. The number of amides is 2. The van der Waals surface area contributed by atoms with Crippen molar-refractivity contribution in [2.75, 3.05) is 27.2 Å². The maximum atomic E-state index is 12.3. The van der Waals surface area contributed by atoms with Crippen molar-refractivity contribution in [1.29, 1.82) is 0 Å². The molecule has 0 spiro atoms. The van der Waals surface area contributed by atoms with Gasteiger partial charge in [0.2, 0.25) is 10.0 Å². The van der Waals surface area contributed by atoms with Crippen molar-refractivity contribution in [2.24, 2.45) is 0 Å². The Kier molecular flexibility index (Phi) is 4.67. The summed E-state index contributed by atoms with van der Waals surface area (Å²) in [5, 5.41) is 5.58. The Morgan fingerprint density at radius 1 is 1.08 bits per heavy atom. The smallest absolute Gasteiger partial charge is 0.308 e. The molecule has 0 unspecified atom stereocenters. The van der Waals surface area contributed by atoms with Crippen LogP contribution in [-0.4, -0.2) is 26.7 Å². The number of hydrogen-bond donors (Lipinski definition) is 2. The van der Waals surface area contributed by atoms with Crippen LogP contribution in [-0.2, 0) is 10.0 Å². The van der Waals surface area contributed by atoms with E-state index in [2.05, 4.69) is 10.6 Å². The van der Waals surface area contributed by atoms with Gasteiger partial charge in [0.05, 0.1) is 11.4 Å². The molecule has 7 heteroatoms. The summed E-state index contributed by atoms with van der Waals surface area (Å²) in [5.41, 5.74) is 3.78. The first-order valence-corrected chi connectivity index (χ1v) is 9.72. The number of nitrogens with one attached hydrogen (secondary N) is 2. The molecule has 2 amide bonds. The third kappa shape index (κ3) is 3.93. The summed E-state index contributed by atoms with van der Waals surface area (Å²) in [6.07, 6.45) is 0.618. The predicted octanol–water partition coefficient (Wildman–Crippen LogP) is 3.49. The van der Waals surface area contributed by atoms with Gasteiger partial charge in [-0.15, -0.1) is 0 Å². The SMILES string of the molecule is Cc1cccc(NC(=O)Nc2cc(N3CCCS3(=O)=O)ccc2C)c1. The molecule has 2 aromatic carbocycles. The highest BCUT2D eigenvalue weighted by molar-refractivity contribution is 7.93. The van der Waals surface area contributed by atoms with Crippen molar-refractivity contribution in [3.63, 3.8) is 0 Å². The van der Waals surface area contributed by atoms with Crippen LogP contribution in [0.4, 0.5) is 21.9 Å². The number of carbonyl (C=O) groups is 1. The van der Waals surface area contributed by atoms with Gasteiger partial charge in [-0.05, 0) is 55.7 Å². The Morgan fingerprint density at radius 3 is 2.56 bits per heavy atom. The molecule has 0 aliphatic carbocycles. The lowest BCUT2D eigenvalue weighted by atomic mass is 10.1. The number of carbonyl (C=O) groups excluding carboxylic acids is 1. The minimum absolute atomic E-state index is 0.164. The summed E-state index contributed by atoms with van der Waals surface area (Å²) in [4.78, 5) is 12.3. The van der Waals surface area contributed by atoms with Gasteiger partial charge in [-0.25, -0.2) is 13.2 Å². The van der Waals surface area contributed by atoms with Gasteiger partial charge >= 0.3 is 6.03 Å². The van der Waals surface area contributed by atoms with Crippen molar-refractivity contribution in [3.05, 3.63) is 53.6 Å². The maximum absolute atomic E-state index is 12.3. The third-order valence-electron chi connectivity index (χ3n) is 4.13. The summed E-state index contributed by atoms with van der Waals surface area (Å²) < 4.78 is 25.6. The molecule has 0 atom stereocenters. The Hall–Kier alpha value is -2.54. The van der Waals surface area contributed by atoms with E-state index in [-0.39, 0.29) is 11.8 Å². The van der Waals surface area contributed by atoms with E-state index >= 15 is 0 Å². The van der Waals surface area contributed by atoms with Crippen LogP contribution >= 0.6 is 0 Å². The Labute approximate surface area is 147 Å². The number of rotatable bonds is 3. The van der Waals surface area contributed by atoms with Gasteiger partial charge < -0.3 is 10.6 Å². The fraction of sp³-hybridized carbons (Fsp3) is 0.278. The highest BCUT2D eigenvalue weighted by atomic mass is 32.2. The first-order chi connectivity index (χ1) is 11.8. The van der Waals surface area contributed by atoms with E-state index in [1.54, 1.807) is 12.1 Å². The number of anilines is 3. The summed E-state index contributed by atoms with van der Waals surface area (Å²) in [6, 6.07) is 12.4. The summed E-state index contributed by atoms with van der Waals surface area (Å²) in [5.74, 6) is 0.164. The second kappa shape index (κ2) is 6.76. The van der Waals surface area contributed by atoms with Crippen molar-refractivity contribution in [1.82, 2.24) is 0 Å². The number of sulfonamides is 1. The zero-order chi connectivity index (χ0) is 18.0. The van der Waals surface area contributed by atoms with Crippen molar-refractivity contribution < 1.29 is 13.2 Å². The molecule has 1 aliphatic rings. The molecule has 6 nitrogen and oxygen atoms in total. The van der Waals surface area contributed by atoms with Crippen LogP contribution in [0.25, 0.3) is 0 Å².